The van der Waals surface area contributed by atoms with Gasteiger partial charge in [-0.2, -0.15) is 39.5 Å². The topological polar surface area (TPSA) is 158 Å². The molecule has 0 aromatic heterocycles. The highest BCUT2D eigenvalue weighted by molar-refractivity contribution is 5.93. The molecule has 0 aromatic carbocycles. The van der Waals surface area contributed by atoms with Gasteiger partial charge in [-0.1, -0.05) is 58.3 Å². The van der Waals surface area contributed by atoms with Gasteiger partial charge in [-0.25, -0.2) is 46.3 Å². The Morgan fingerprint density at radius 1 is 0.443 bits per heavy atom. The van der Waals surface area contributed by atoms with E-state index in [1.165, 1.54) is 6.92 Å². The van der Waals surface area contributed by atoms with Crippen LogP contribution in [0.5, 0.6) is 0 Å². The maximum Gasteiger partial charge on any atom is 0.393 e. The number of esters is 6. The highest BCUT2D eigenvalue weighted by Gasteiger charge is 2.67. The van der Waals surface area contributed by atoms with Crippen LogP contribution in [0.2, 0.25) is 0 Å². The first-order chi connectivity index (χ1) is 36.0. The first-order valence-corrected chi connectivity index (χ1v) is 26.1. The molecule has 0 radical (unpaired) electrons. The number of alkyl halides is 13. The number of rotatable bonds is 20. The molecule has 3 unspecified atom stereocenters. The number of hydrogen-bond acceptors (Lipinski definition) is 12. The van der Waals surface area contributed by atoms with Gasteiger partial charge in [-0.3, -0.25) is 0 Å². The maximum atomic E-state index is 14.4. The first kappa shape index (κ1) is 68.4. The fourth-order valence-electron chi connectivity index (χ4n) is 11.2. The van der Waals surface area contributed by atoms with E-state index in [-0.39, 0.29) is 51.1 Å². The lowest BCUT2D eigenvalue weighted by Gasteiger charge is -2.56. The van der Waals surface area contributed by atoms with Crippen molar-refractivity contribution in [2.45, 2.75) is 211 Å². The summed E-state index contributed by atoms with van der Waals surface area (Å²) in [6.45, 7) is 13.8. The summed E-state index contributed by atoms with van der Waals surface area (Å²) >= 11 is 0. The Labute approximate surface area is 451 Å². The third-order valence-electron chi connectivity index (χ3n) is 14.9. The zero-order valence-electron chi connectivity index (χ0n) is 45.4. The third-order valence-corrected chi connectivity index (χ3v) is 14.9. The van der Waals surface area contributed by atoms with Crippen LogP contribution in [0.25, 0.3) is 0 Å². The van der Waals surface area contributed by atoms with Crippen molar-refractivity contribution in [1.82, 2.24) is 0 Å². The smallest absolute Gasteiger partial charge is 0.393 e. The third kappa shape index (κ3) is 20.3. The minimum absolute atomic E-state index is 0.0525. The van der Waals surface area contributed by atoms with E-state index in [9.17, 15) is 85.8 Å². The minimum Gasteiger partial charge on any atom is -0.462 e. The fraction of sp³-hybridized carbons (Fsp3) is 0.778. The molecule has 4 bridgehead atoms. The van der Waals surface area contributed by atoms with Crippen molar-refractivity contribution in [2.24, 2.45) is 35.0 Å². The number of hydrogen-bond donors (Lipinski definition) is 0. The SMILES string of the molecule is C=C(C)C(=O)OC(C)(CC(F)(F)F)C(=O)OCC1CCCCC1.C=C(C)C(=O)OC(CC(F)(F)F)(C(=O)OCC12CC3CC(CC(C3)C1)C2)C(C)(F)F.C=C(C)C(=O)OC(CC(F)(F)F)(C(=O)OCC1CCCCC1)C(C)(F)F. The van der Waals surface area contributed by atoms with Crippen molar-refractivity contribution in [1.29, 1.82) is 0 Å². The largest absolute Gasteiger partial charge is 0.462 e. The monoisotopic (exact) mass is 1160 g/mol. The summed E-state index contributed by atoms with van der Waals surface area (Å²) < 4.78 is 202. The zero-order chi connectivity index (χ0) is 60.4. The molecular weight excluding hydrogens is 1090 g/mol. The summed E-state index contributed by atoms with van der Waals surface area (Å²) in [5.41, 5.74) is -11.3. The molecular formula is C54H73F13O12. The van der Waals surface area contributed by atoms with Crippen LogP contribution < -0.4 is 0 Å². The van der Waals surface area contributed by atoms with Crippen molar-refractivity contribution in [2.75, 3.05) is 19.8 Å². The predicted octanol–water partition coefficient (Wildman–Crippen LogP) is 13.7. The van der Waals surface area contributed by atoms with Crippen molar-refractivity contribution in [3.05, 3.63) is 36.5 Å². The molecule has 0 heterocycles. The molecule has 0 spiro atoms. The summed E-state index contributed by atoms with van der Waals surface area (Å²) in [4.78, 5) is 72.2. The molecule has 12 nitrogen and oxygen atoms in total. The van der Waals surface area contributed by atoms with E-state index in [2.05, 4.69) is 29.2 Å². The second-order valence-electron chi connectivity index (χ2n) is 22.7. The second kappa shape index (κ2) is 26.8. The van der Waals surface area contributed by atoms with Crippen molar-refractivity contribution >= 4 is 35.8 Å². The van der Waals surface area contributed by atoms with E-state index >= 15 is 0 Å². The first-order valence-electron chi connectivity index (χ1n) is 26.1. The molecule has 0 saturated heterocycles. The van der Waals surface area contributed by atoms with Crippen LogP contribution in [0.1, 0.15) is 164 Å². The lowest BCUT2D eigenvalue weighted by Crippen LogP contribution is -2.59. The Hall–Kier alpha value is -4.87. The Balaban J connectivity index is 0.000000315. The maximum absolute atomic E-state index is 14.4. The van der Waals surface area contributed by atoms with Gasteiger partial charge in [-0.15, -0.1) is 0 Å². The van der Waals surface area contributed by atoms with E-state index in [0.29, 0.717) is 30.6 Å². The van der Waals surface area contributed by atoms with Gasteiger partial charge in [0.15, 0.2) is 0 Å². The molecule has 0 aromatic rings. The van der Waals surface area contributed by atoms with Crippen LogP contribution in [-0.4, -0.2) is 103 Å². The molecule has 6 saturated carbocycles. The molecule has 3 atom stereocenters. The highest BCUT2D eigenvalue weighted by Crippen LogP contribution is 2.60. The fourth-order valence-corrected chi connectivity index (χ4v) is 11.2. The van der Waals surface area contributed by atoms with Gasteiger partial charge in [0.2, 0.25) is 5.60 Å². The van der Waals surface area contributed by atoms with E-state index in [4.69, 9.17) is 18.9 Å². The van der Waals surface area contributed by atoms with Gasteiger partial charge < -0.3 is 28.4 Å². The van der Waals surface area contributed by atoms with Crippen molar-refractivity contribution in [3.63, 3.8) is 0 Å². The summed E-state index contributed by atoms with van der Waals surface area (Å²) in [7, 11) is 0. The number of carbonyl (C=O) groups excluding carboxylic acids is 6. The van der Waals surface area contributed by atoms with Gasteiger partial charge >= 0.3 is 54.3 Å². The second-order valence-corrected chi connectivity index (χ2v) is 22.7. The lowest BCUT2D eigenvalue weighted by atomic mass is 9.50. The molecule has 452 valence electrons. The number of carbonyl (C=O) groups is 6. The van der Waals surface area contributed by atoms with Crippen LogP contribution in [0.3, 0.4) is 0 Å². The van der Waals surface area contributed by atoms with Gasteiger partial charge in [0.25, 0.3) is 23.0 Å². The molecule has 6 fully saturated rings. The van der Waals surface area contributed by atoms with E-state index in [1.807, 2.05) is 0 Å². The Morgan fingerprint density at radius 2 is 0.747 bits per heavy atom. The number of ether oxygens (including phenoxy) is 6. The van der Waals surface area contributed by atoms with Gasteiger partial charge in [0.1, 0.15) is 12.8 Å². The summed E-state index contributed by atoms with van der Waals surface area (Å²) in [5, 5.41) is 0. The zero-order valence-corrected chi connectivity index (χ0v) is 45.4. The standard InChI is InChI=1S/C21H27F5O4.C17H23F5O4.C16H23F3O4/c1-12(2)16(27)30-20(18(3,22)23,10-21(24,25)26)17(28)29-11-19-7-13-4-14(8-19)6-15(5-13)9-19;1-11(2)13(23)26-16(15(3,18)19,10-17(20,21)22)14(24)25-9-12-7-5-4-6-8-12;1-11(2)13(20)23-15(3,10-16(17,18)19)14(21)22-9-12-7-5-4-6-8-12/h13-15H,1,4-11H2,2-3H3;12H,1,4-10H2,2-3H3;12H,1,4-10H2,2-3H3. The van der Waals surface area contributed by atoms with Crippen molar-refractivity contribution in [3.8, 4) is 0 Å². The van der Waals surface area contributed by atoms with Crippen molar-refractivity contribution < 1.29 is 114 Å². The summed E-state index contributed by atoms with van der Waals surface area (Å²) in [6.07, 6.45) is -6.75. The van der Waals surface area contributed by atoms with Crippen LogP contribution in [-0.2, 0) is 57.2 Å². The van der Waals surface area contributed by atoms with Gasteiger partial charge in [0, 0.05) is 36.0 Å². The van der Waals surface area contributed by atoms with Gasteiger partial charge in [-0.05, 0) is 121 Å². The van der Waals surface area contributed by atoms with E-state index < -0.39 is 119 Å². The lowest BCUT2D eigenvalue weighted by molar-refractivity contribution is -0.255. The van der Waals surface area contributed by atoms with Crippen LogP contribution in [0, 0.1) is 35.0 Å². The quantitative estimate of drug-likeness (QED) is 0.0492. The number of halogens is 13. The molecule has 0 aliphatic heterocycles. The van der Waals surface area contributed by atoms with Crippen LogP contribution in [0.4, 0.5) is 57.1 Å². The molecule has 25 heteroatoms. The summed E-state index contributed by atoms with van der Waals surface area (Å²) in [6, 6.07) is 0. The minimum atomic E-state index is -5.20. The summed E-state index contributed by atoms with van der Waals surface area (Å²) in [5.74, 6) is -16.2. The Morgan fingerprint density at radius 3 is 1.05 bits per heavy atom. The Bertz CT molecular complexity index is 2150. The molecule has 0 amide bonds. The highest BCUT2D eigenvalue weighted by atomic mass is 19.4. The van der Waals surface area contributed by atoms with Crippen LogP contribution >= 0.6 is 0 Å². The van der Waals surface area contributed by atoms with Gasteiger partial charge in [0.05, 0.1) is 26.2 Å². The molecule has 0 N–H and O–H groups in total. The molecule has 79 heavy (non-hydrogen) atoms. The van der Waals surface area contributed by atoms with Crippen LogP contribution in [0.15, 0.2) is 36.5 Å². The Kier molecular flexibility index (Phi) is 23.2. The van der Waals surface area contributed by atoms with E-state index in [0.717, 1.165) is 111 Å². The molecule has 6 rings (SSSR count). The predicted molar refractivity (Wildman–Crippen MR) is 256 cm³/mol. The average Bonchev–Trinajstić information content (AvgIpc) is 3.29. The molecule has 6 aliphatic rings. The average molecular weight is 1160 g/mol. The molecule has 6 aliphatic carbocycles. The van der Waals surface area contributed by atoms with E-state index in [1.54, 1.807) is 0 Å². The normalized spacial score (nSPS) is 24.0.